The van der Waals surface area contributed by atoms with Gasteiger partial charge in [0.25, 0.3) is 0 Å². The van der Waals surface area contributed by atoms with E-state index in [0.717, 1.165) is 37.8 Å². The van der Waals surface area contributed by atoms with Gasteiger partial charge >= 0.3 is 6.09 Å². The van der Waals surface area contributed by atoms with Gasteiger partial charge in [-0.1, -0.05) is 6.07 Å². The second kappa shape index (κ2) is 13.4. The Morgan fingerprint density at radius 1 is 1.23 bits per heavy atom. The van der Waals surface area contributed by atoms with E-state index in [1.807, 2.05) is 13.0 Å². The zero-order chi connectivity index (χ0) is 31.6. The summed E-state index contributed by atoms with van der Waals surface area (Å²) in [6, 6.07) is 3.49. The molecule has 1 unspecified atom stereocenters. The summed E-state index contributed by atoms with van der Waals surface area (Å²) in [6.45, 7) is 5.24. The fraction of sp³-hybridized carbons (Fsp3) is 0.667. The molecule has 1 aromatic carbocycles. The Hall–Kier alpha value is -3.31. The first-order chi connectivity index (χ1) is 21.1. The lowest BCUT2D eigenvalue weighted by Gasteiger charge is -2.57. The molecule has 2 aliphatic carbocycles. The van der Waals surface area contributed by atoms with E-state index in [2.05, 4.69) is 17.3 Å². The number of benzene rings is 1. The van der Waals surface area contributed by atoms with Crippen molar-refractivity contribution in [3.05, 3.63) is 23.3 Å². The second-order valence-electron chi connectivity index (χ2n) is 12.9. The second-order valence-corrected chi connectivity index (χ2v) is 12.9. The molecule has 2 heterocycles. The number of ketones is 3. The number of carbonyl (C=O) groups excluding carboxylic acids is 5. The number of piperidine rings is 1. The van der Waals surface area contributed by atoms with Crippen LogP contribution in [0.25, 0.3) is 0 Å². The third kappa shape index (κ3) is 6.00. The van der Waals surface area contributed by atoms with E-state index in [-0.39, 0.29) is 35.6 Å². The number of Topliss-reactive ketones (excluding diaryl/α,β-unsaturated/α-hetero) is 3. The number of ether oxygens (including phenoxy) is 2. The Kier molecular flexibility index (Phi) is 9.74. The fourth-order valence-electron chi connectivity index (χ4n) is 8.02. The van der Waals surface area contributed by atoms with Gasteiger partial charge in [0.2, 0.25) is 5.91 Å². The Balaban J connectivity index is 1.24. The van der Waals surface area contributed by atoms with Gasteiger partial charge in [-0.3, -0.25) is 19.2 Å². The van der Waals surface area contributed by atoms with Crippen molar-refractivity contribution >= 4 is 29.4 Å². The third-order valence-corrected chi connectivity index (χ3v) is 10.1. The summed E-state index contributed by atoms with van der Waals surface area (Å²) in [5.74, 6) is 0.462. The van der Waals surface area contributed by atoms with E-state index in [1.54, 1.807) is 6.07 Å². The summed E-state index contributed by atoms with van der Waals surface area (Å²) in [7, 11) is 2.17. The molecule has 4 aliphatic rings. The highest BCUT2D eigenvalue weighted by molar-refractivity contribution is 5.99. The number of nitrogens with two attached hydrogens (primary N) is 1. The molecule has 1 spiro atoms. The van der Waals surface area contributed by atoms with Crippen molar-refractivity contribution in [1.29, 1.82) is 0 Å². The lowest BCUT2D eigenvalue weighted by molar-refractivity contribution is -0.138. The Morgan fingerprint density at radius 2 is 2.02 bits per heavy atom. The molecular formula is C33H46N4O7. The highest BCUT2D eigenvalue weighted by Crippen LogP contribution is 2.63. The number of nitrogens with zero attached hydrogens (tertiary/aromatic N) is 2. The summed E-state index contributed by atoms with van der Waals surface area (Å²) >= 11 is 0. The van der Waals surface area contributed by atoms with Gasteiger partial charge in [0.15, 0.2) is 29.2 Å². The van der Waals surface area contributed by atoms with E-state index in [0.29, 0.717) is 68.8 Å². The van der Waals surface area contributed by atoms with Crippen LogP contribution in [-0.2, 0) is 31.0 Å². The van der Waals surface area contributed by atoms with Crippen LogP contribution < -0.4 is 20.5 Å². The average molecular weight is 611 g/mol. The van der Waals surface area contributed by atoms with Gasteiger partial charge in [-0.15, -0.1) is 0 Å². The number of hydrogen-bond acceptors (Lipinski definition) is 9. The number of likely N-dealkylation sites (tertiary alicyclic amines) is 1. The molecule has 0 aromatic heterocycles. The highest BCUT2D eigenvalue weighted by Gasteiger charge is 2.65. The van der Waals surface area contributed by atoms with Crippen molar-refractivity contribution in [1.82, 2.24) is 15.1 Å². The van der Waals surface area contributed by atoms with Crippen LogP contribution in [-0.4, -0.2) is 90.6 Å². The van der Waals surface area contributed by atoms with Crippen molar-refractivity contribution in [2.75, 3.05) is 33.2 Å². The summed E-state index contributed by atoms with van der Waals surface area (Å²) in [5, 5.41) is 2.70. The first kappa shape index (κ1) is 32.1. The third-order valence-electron chi connectivity index (χ3n) is 10.1. The van der Waals surface area contributed by atoms with Crippen molar-refractivity contribution in [2.45, 2.75) is 102 Å². The summed E-state index contributed by atoms with van der Waals surface area (Å²) in [6.07, 6.45) is 4.16. The Morgan fingerprint density at radius 3 is 2.75 bits per heavy atom. The Bertz CT molecular complexity index is 1320. The molecule has 2 aliphatic heterocycles. The van der Waals surface area contributed by atoms with E-state index < -0.39 is 24.1 Å². The molecule has 3 N–H and O–H groups in total. The summed E-state index contributed by atoms with van der Waals surface area (Å²) in [5.41, 5.74) is 7.47. The van der Waals surface area contributed by atoms with Crippen molar-refractivity contribution in [2.24, 2.45) is 11.7 Å². The van der Waals surface area contributed by atoms with Crippen molar-refractivity contribution in [3.63, 3.8) is 0 Å². The number of rotatable bonds is 14. The molecule has 11 nitrogen and oxygen atoms in total. The first-order valence-electron chi connectivity index (χ1n) is 16.1. The van der Waals surface area contributed by atoms with E-state index in [4.69, 9.17) is 15.2 Å². The number of carbonyl (C=O) groups is 5. The standard InChI is InChI=1S/C33H46N4O7/c1-4-37(16-7-9-25(39)23(8-5-6-15-34)35-28(41)18-20(2)38)32(42)43-27-13-10-21-19-24-22-11-12-26(40)31-33(22,14-17-36(24)3)29(21)30(27)44-31/h10,13,22-24,31H,4-9,11-12,14-19,34H2,1-3H3,(H,35,41)/t22?,23-,24+,31-,33-/m0/s1. The topological polar surface area (TPSA) is 148 Å². The van der Waals surface area contributed by atoms with Crippen LogP contribution in [0.1, 0.15) is 82.8 Å². The number of nitrogens with one attached hydrogen (secondary N) is 1. The SMILES string of the molecule is CCN(CCCC(=O)[C@H](CCCCN)NC(=O)CC(C)=O)C(=O)Oc1ccc2c3c1O[C@H]1C(=O)CCC4[C@@H](C2)N(C)CC[C@@]341. The van der Waals surface area contributed by atoms with Gasteiger partial charge < -0.3 is 30.3 Å². The molecule has 2 amide bonds. The zero-order valence-corrected chi connectivity index (χ0v) is 26.2. The zero-order valence-electron chi connectivity index (χ0n) is 26.2. The maximum atomic E-state index is 13.4. The molecule has 44 heavy (non-hydrogen) atoms. The normalized spacial score (nSPS) is 25.5. The van der Waals surface area contributed by atoms with E-state index in [9.17, 15) is 24.0 Å². The number of likely N-dealkylation sites (N-methyl/N-ethyl adjacent to an activating group) is 1. The molecule has 0 radical (unpaired) electrons. The van der Waals surface area contributed by atoms with Crippen LogP contribution in [0.4, 0.5) is 4.79 Å². The lowest BCUT2D eigenvalue weighted by atomic mass is 9.52. The van der Waals surface area contributed by atoms with Crippen LogP contribution in [0.2, 0.25) is 0 Å². The van der Waals surface area contributed by atoms with Crippen LogP contribution in [0, 0.1) is 5.92 Å². The van der Waals surface area contributed by atoms with Gasteiger partial charge in [0.05, 0.1) is 12.5 Å². The van der Waals surface area contributed by atoms with Crippen LogP contribution in [0.3, 0.4) is 0 Å². The molecule has 1 aromatic rings. The van der Waals surface area contributed by atoms with Gasteiger partial charge in [-0.05, 0) is 96.5 Å². The lowest BCUT2D eigenvalue weighted by Crippen LogP contribution is -2.65. The molecular weight excluding hydrogens is 564 g/mol. The minimum absolute atomic E-state index is 0.129. The summed E-state index contributed by atoms with van der Waals surface area (Å²) in [4.78, 5) is 67.0. The maximum Gasteiger partial charge on any atom is 0.415 e. The minimum Gasteiger partial charge on any atom is -0.477 e. The molecule has 2 fully saturated rings. The van der Waals surface area contributed by atoms with E-state index >= 15 is 0 Å². The van der Waals surface area contributed by atoms with Crippen molar-refractivity contribution in [3.8, 4) is 11.5 Å². The fourth-order valence-corrected chi connectivity index (χ4v) is 8.02. The van der Waals surface area contributed by atoms with Crippen LogP contribution >= 0.6 is 0 Å². The first-order valence-corrected chi connectivity index (χ1v) is 16.1. The maximum absolute atomic E-state index is 13.4. The molecule has 1 saturated heterocycles. The minimum atomic E-state index is -0.694. The quantitative estimate of drug-likeness (QED) is 0.240. The van der Waals surface area contributed by atoms with Crippen LogP contribution in [0.5, 0.6) is 11.5 Å². The van der Waals surface area contributed by atoms with Crippen LogP contribution in [0.15, 0.2) is 12.1 Å². The van der Waals surface area contributed by atoms with Gasteiger partial charge in [-0.2, -0.15) is 0 Å². The molecule has 1 saturated carbocycles. The van der Waals surface area contributed by atoms with Gasteiger partial charge in [0, 0.05) is 43.0 Å². The smallest absolute Gasteiger partial charge is 0.415 e. The van der Waals surface area contributed by atoms with E-state index in [1.165, 1.54) is 17.4 Å². The number of hydrogen-bond donors (Lipinski definition) is 2. The highest BCUT2D eigenvalue weighted by atomic mass is 16.6. The number of amides is 2. The summed E-state index contributed by atoms with van der Waals surface area (Å²) < 4.78 is 12.4. The molecule has 240 valence electrons. The average Bonchev–Trinajstić information content (AvgIpc) is 3.34. The molecule has 5 atom stereocenters. The molecule has 5 rings (SSSR count). The monoisotopic (exact) mass is 610 g/mol. The Labute approximate surface area is 259 Å². The van der Waals surface area contributed by atoms with Crippen molar-refractivity contribution < 1.29 is 33.4 Å². The molecule has 2 bridgehead atoms. The number of unbranched alkanes of at least 4 members (excludes halogenated alkanes) is 1. The van der Waals surface area contributed by atoms with Gasteiger partial charge in [0.1, 0.15) is 5.78 Å². The molecule has 11 heteroatoms. The largest absolute Gasteiger partial charge is 0.477 e. The predicted molar refractivity (Wildman–Crippen MR) is 163 cm³/mol. The predicted octanol–water partition coefficient (Wildman–Crippen LogP) is 2.69. The van der Waals surface area contributed by atoms with Gasteiger partial charge in [-0.25, -0.2) is 4.79 Å².